The Morgan fingerprint density at radius 3 is 2.69 bits per heavy atom. The van der Waals surface area contributed by atoms with Gasteiger partial charge in [0.15, 0.2) is 0 Å². The molecule has 8 heteroatoms. The third-order valence-corrected chi connectivity index (χ3v) is 5.38. The van der Waals surface area contributed by atoms with Crippen LogP contribution in [0.25, 0.3) is 11.1 Å². The molecule has 4 rings (SSSR count). The predicted octanol–water partition coefficient (Wildman–Crippen LogP) is 0.571. The summed E-state index contributed by atoms with van der Waals surface area (Å²) in [4.78, 5) is 19.1. The van der Waals surface area contributed by atoms with Crippen LogP contribution in [0.2, 0.25) is 0 Å². The first kappa shape index (κ1) is 24.3. The van der Waals surface area contributed by atoms with Crippen LogP contribution in [0.1, 0.15) is 48.7 Å². The molecule has 1 aliphatic rings. The third kappa shape index (κ3) is 5.35. The van der Waals surface area contributed by atoms with E-state index in [1.165, 1.54) is 6.20 Å². The van der Waals surface area contributed by atoms with Crippen LogP contribution in [0.3, 0.4) is 0 Å². The van der Waals surface area contributed by atoms with Crippen molar-refractivity contribution in [3.8, 4) is 17.0 Å². The Hall–Kier alpha value is -2.32. The van der Waals surface area contributed by atoms with Gasteiger partial charge in [-0.05, 0) is 60.2 Å². The second kappa shape index (κ2) is 11.0. The van der Waals surface area contributed by atoms with E-state index in [9.17, 15) is 14.3 Å². The smallest absolute Gasteiger partial charge is 0.550 e. The molecule has 2 heterocycles. The quantitative estimate of drug-likeness (QED) is 0.373. The second-order valence-electron chi connectivity index (χ2n) is 7.31. The van der Waals surface area contributed by atoms with Gasteiger partial charge in [-0.25, -0.2) is 9.97 Å². The number of benzene rings is 1. The molecule has 0 amide bonds. The molecule has 1 aromatic carbocycles. The normalized spacial score (nSPS) is 15.5. The van der Waals surface area contributed by atoms with Crippen molar-refractivity contribution in [1.82, 2.24) is 9.97 Å². The third-order valence-electron chi connectivity index (χ3n) is 5.38. The zero-order valence-corrected chi connectivity index (χ0v) is 20.1. The van der Waals surface area contributed by atoms with Gasteiger partial charge in [-0.15, -0.1) is 0 Å². The molecule has 0 saturated carbocycles. The van der Waals surface area contributed by atoms with E-state index in [1.54, 1.807) is 37.4 Å². The summed E-state index contributed by atoms with van der Waals surface area (Å²) in [5.74, 6) is -1.23. The minimum Gasteiger partial charge on any atom is -0.550 e. The summed E-state index contributed by atoms with van der Waals surface area (Å²) >= 11 is 0. The van der Waals surface area contributed by atoms with E-state index < -0.39 is 18.0 Å². The molecule has 0 bridgehead atoms. The Morgan fingerprint density at radius 2 is 2.00 bits per heavy atom. The number of carboxylic acid groups (broad SMARTS) is 1. The molecule has 6 nitrogen and oxygen atoms in total. The van der Waals surface area contributed by atoms with Crippen LogP contribution in [0.4, 0.5) is 4.39 Å². The second-order valence-corrected chi connectivity index (χ2v) is 7.31. The minimum atomic E-state index is -1.18. The number of aliphatic carboxylic acids is 1. The fraction of sp³-hybridized carbons (Fsp3) is 0.292. The summed E-state index contributed by atoms with van der Waals surface area (Å²) in [5.41, 5.74) is 4.04. The van der Waals surface area contributed by atoms with Gasteiger partial charge in [0.2, 0.25) is 11.8 Å². The molecule has 160 valence electrons. The Balaban J connectivity index is 0.00000289. The summed E-state index contributed by atoms with van der Waals surface area (Å²) in [6, 6.07) is 12.7. The number of aromatic nitrogens is 2. The van der Waals surface area contributed by atoms with Gasteiger partial charge in [0.1, 0.15) is 6.10 Å². The summed E-state index contributed by atoms with van der Waals surface area (Å²) in [7, 11) is 0. The number of halogens is 1. The average Bonchev–Trinajstić information content (AvgIpc) is 3.17. The van der Waals surface area contributed by atoms with Crippen molar-refractivity contribution in [1.29, 1.82) is 0 Å². The molecular weight excluding hydrogens is 422 g/mol. The predicted molar refractivity (Wildman–Crippen MR) is 110 cm³/mol. The molecule has 3 aromatic rings. The largest absolute Gasteiger partial charge is 1.00 e. The topological polar surface area (TPSA) is 84.4 Å². The minimum absolute atomic E-state index is 0. The van der Waals surface area contributed by atoms with Gasteiger partial charge >= 0.3 is 29.6 Å². The zero-order valence-electron chi connectivity index (χ0n) is 18.1. The summed E-state index contributed by atoms with van der Waals surface area (Å²) in [6.07, 6.45) is 3.48. The number of hydrogen-bond donors (Lipinski definition) is 0. The molecule has 2 atom stereocenters. The zero-order chi connectivity index (χ0) is 21.8. The van der Waals surface area contributed by atoms with Gasteiger partial charge < -0.3 is 19.4 Å². The van der Waals surface area contributed by atoms with E-state index >= 15 is 0 Å². The monoisotopic (exact) mass is 444 g/mol. The van der Waals surface area contributed by atoms with E-state index in [0.717, 1.165) is 29.5 Å². The number of rotatable bonds is 8. The van der Waals surface area contributed by atoms with E-state index in [4.69, 9.17) is 9.47 Å². The van der Waals surface area contributed by atoms with Crippen LogP contribution in [-0.4, -0.2) is 22.5 Å². The fourth-order valence-electron chi connectivity index (χ4n) is 4.00. The van der Waals surface area contributed by atoms with Crippen molar-refractivity contribution < 1.29 is 53.3 Å². The number of nitrogens with zero attached hydrogens (tertiary/aromatic N) is 2. The van der Waals surface area contributed by atoms with Crippen molar-refractivity contribution in [3.63, 3.8) is 0 Å². The van der Waals surface area contributed by atoms with Gasteiger partial charge in [0, 0.05) is 43.0 Å². The van der Waals surface area contributed by atoms with Gasteiger partial charge in [-0.1, -0.05) is 18.2 Å². The van der Waals surface area contributed by atoms with Crippen LogP contribution in [0.5, 0.6) is 5.88 Å². The molecule has 0 spiro atoms. The summed E-state index contributed by atoms with van der Waals surface area (Å²) in [6.45, 7) is 2.19. The van der Waals surface area contributed by atoms with Crippen molar-refractivity contribution in [2.75, 3.05) is 6.61 Å². The Labute approximate surface area is 208 Å². The SMILES string of the molecule is CCO[C@@H](CC(=O)[O-])c1ccc(O[C@@H]2CCc3c(-c4cccnc4F)cccc32)nc1.[Na+]. The van der Waals surface area contributed by atoms with Crippen LogP contribution in [0.15, 0.2) is 54.9 Å². The molecule has 0 saturated heterocycles. The standard InChI is InChI=1S/C24H23FN2O4.Na/c1-2-30-21(13-23(28)29)15-8-11-22(27-14-15)31-20-10-9-17-16(5-3-6-18(17)20)19-7-4-12-26-24(19)25;/h3-8,11-12,14,20-21H,2,9-10,13H2,1H3,(H,28,29);/q;+1/p-1/t20-,21+;/m1./s1. The molecular formula is C24H22FN2NaO4. The molecule has 32 heavy (non-hydrogen) atoms. The molecule has 0 radical (unpaired) electrons. The summed E-state index contributed by atoms with van der Waals surface area (Å²) < 4.78 is 25.8. The van der Waals surface area contributed by atoms with Crippen LogP contribution >= 0.6 is 0 Å². The van der Waals surface area contributed by atoms with Gasteiger partial charge in [0.25, 0.3) is 0 Å². The van der Waals surface area contributed by atoms with Gasteiger partial charge in [-0.2, -0.15) is 4.39 Å². The maximum atomic E-state index is 14.2. The van der Waals surface area contributed by atoms with E-state index in [1.807, 2.05) is 18.2 Å². The first-order chi connectivity index (χ1) is 15.1. The molecule has 0 aliphatic heterocycles. The molecule has 0 unspecified atom stereocenters. The fourth-order valence-corrected chi connectivity index (χ4v) is 4.00. The van der Waals surface area contributed by atoms with Crippen molar-refractivity contribution in [2.45, 2.75) is 38.4 Å². The van der Waals surface area contributed by atoms with Crippen LogP contribution in [0, 0.1) is 5.95 Å². The van der Waals surface area contributed by atoms with E-state index in [0.29, 0.717) is 23.6 Å². The van der Waals surface area contributed by atoms with Gasteiger partial charge in [-0.3, -0.25) is 0 Å². The molecule has 2 aromatic heterocycles. The number of ether oxygens (including phenoxy) is 2. The number of hydrogen-bond acceptors (Lipinski definition) is 6. The number of pyridine rings is 2. The van der Waals surface area contributed by atoms with E-state index in [2.05, 4.69) is 9.97 Å². The number of carbonyl (C=O) groups is 1. The summed E-state index contributed by atoms with van der Waals surface area (Å²) in [5, 5.41) is 11.0. The Morgan fingerprint density at radius 1 is 1.19 bits per heavy atom. The number of carbonyl (C=O) groups excluding carboxylic acids is 1. The van der Waals surface area contributed by atoms with Crippen LogP contribution < -0.4 is 39.4 Å². The molecule has 1 aliphatic carbocycles. The van der Waals surface area contributed by atoms with E-state index in [-0.39, 0.29) is 42.1 Å². The average molecular weight is 444 g/mol. The molecule has 0 fully saturated rings. The van der Waals surface area contributed by atoms with Crippen molar-refractivity contribution >= 4 is 5.97 Å². The number of fused-ring (bicyclic) bond motifs is 1. The first-order valence-corrected chi connectivity index (χ1v) is 10.2. The Bertz CT molecular complexity index is 1080. The van der Waals surface area contributed by atoms with Crippen molar-refractivity contribution in [3.05, 3.63) is 77.5 Å². The number of carboxylic acids is 1. The van der Waals surface area contributed by atoms with Gasteiger partial charge in [0.05, 0.1) is 6.10 Å². The molecule has 0 N–H and O–H groups in total. The first-order valence-electron chi connectivity index (χ1n) is 10.2. The van der Waals surface area contributed by atoms with Crippen LogP contribution in [-0.2, 0) is 16.0 Å². The van der Waals surface area contributed by atoms with Crippen molar-refractivity contribution in [2.24, 2.45) is 0 Å². The Kier molecular flexibility index (Phi) is 8.37. The maximum absolute atomic E-state index is 14.2. The maximum Gasteiger partial charge on any atom is 1.00 e.